The zero-order chi connectivity index (χ0) is 20.3. The quantitative estimate of drug-likeness (QED) is 0.280. The van der Waals surface area contributed by atoms with Crippen molar-refractivity contribution in [2.24, 2.45) is 4.99 Å². The minimum absolute atomic E-state index is 0. The van der Waals surface area contributed by atoms with E-state index in [9.17, 15) is 4.79 Å². The second-order valence-corrected chi connectivity index (χ2v) is 7.21. The van der Waals surface area contributed by atoms with Crippen molar-refractivity contribution in [2.75, 3.05) is 38.5 Å². The molecule has 0 spiro atoms. The topological polar surface area (TPSA) is 86.6 Å². The molecule has 0 saturated carbocycles. The molecule has 0 unspecified atom stereocenters. The normalized spacial score (nSPS) is 14.6. The van der Waals surface area contributed by atoms with Crippen LogP contribution in [0.5, 0.6) is 0 Å². The van der Waals surface area contributed by atoms with Gasteiger partial charge in [0.05, 0.1) is 0 Å². The number of aromatic nitrogens is 2. The van der Waals surface area contributed by atoms with Crippen molar-refractivity contribution >= 4 is 41.5 Å². The number of rotatable bonds is 8. The number of carbonyl (C=O) groups excluding carboxylic acids is 1. The van der Waals surface area contributed by atoms with Gasteiger partial charge in [-0.25, -0.2) is 0 Å². The molecule has 9 heteroatoms. The first-order chi connectivity index (χ1) is 14.2. The fraction of sp³-hybridized carbons (Fsp3) is 0.476. The number of guanidine groups is 1. The van der Waals surface area contributed by atoms with Gasteiger partial charge in [-0.2, -0.15) is 5.10 Å². The van der Waals surface area contributed by atoms with Crippen LogP contribution in [0.15, 0.2) is 47.7 Å². The third kappa shape index (κ3) is 8.31. The molecule has 1 aromatic heterocycles. The van der Waals surface area contributed by atoms with Crippen LogP contribution in [0.25, 0.3) is 0 Å². The maximum absolute atomic E-state index is 12.1. The van der Waals surface area contributed by atoms with Crippen LogP contribution in [0.2, 0.25) is 0 Å². The molecule has 2 aromatic rings. The van der Waals surface area contributed by atoms with Gasteiger partial charge in [0.25, 0.3) is 0 Å². The standard InChI is InChI=1S/C21H31N7O.HI/c1-22-21(23-10-14-27-11-3-2-4-12-27)24-16-18-7-5-8-19(15-18)26-20(29)17-28-13-6-9-25-28;/h5-9,13,15H,2-4,10-12,14,16-17H2,1H3,(H,26,29)(H2,22,23,24);1H. The molecule has 0 aliphatic carbocycles. The average molecular weight is 525 g/mol. The molecule has 3 rings (SSSR count). The molecule has 164 valence electrons. The van der Waals surface area contributed by atoms with E-state index in [4.69, 9.17) is 0 Å². The number of aliphatic imine (C=N–C) groups is 1. The minimum Gasteiger partial charge on any atom is -0.355 e. The van der Waals surface area contributed by atoms with Gasteiger partial charge in [0.1, 0.15) is 6.54 Å². The summed E-state index contributed by atoms with van der Waals surface area (Å²) in [5.41, 5.74) is 1.84. The van der Waals surface area contributed by atoms with Crippen molar-refractivity contribution in [3.63, 3.8) is 0 Å². The highest BCUT2D eigenvalue weighted by molar-refractivity contribution is 14.0. The van der Waals surface area contributed by atoms with Gasteiger partial charge in [-0.3, -0.25) is 14.5 Å². The average Bonchev–Trinajstić information content (AvgIpc) is 3.24. The number of hydrogen-bond donors (Lipinski definition) is 3. The van der Waals surface area contributed by atoms with Gasteiger partial charge < -0.3 is 20.9 Å². The molecule has 1 aromatic carbocycles. The molecule has 8 nitrogen and oxygen atoms in total. The minimum atomic E-state index is -0.103. The molecular weight excluding hydrogens is 493 g/mol. The number of hydrogen-bond acceptors (Lipinski definition) is 4. The first-order valence-corrected chi connectivity index (χ1v) is 10.3. The predicted molar refractivity (Wildman–Crippen MR) is 131 cm³/mol. The Morgan fingerprint density at radius 1 is 1.17 bits per heavy atom. The summed E-state index contributed by atoms with van der Waals surface area (Å²) in [6.07, 6.45) is 7.40. The Labute approximate surface area is 195 Å². The highest BCUT2D eigenvalue weighted by Gasteiger charge is 2.09. The van der Waals surface area contributed by atoms with Crippen molar-refractivity contribution in [1.29, 1.82) is 0 Å². The van der Waals surface area contributed by atoms with E-state index in [0.29, 0.717) is 6.54 Å². The Bertz CT molecular complexity index is 788. The molecular formula is C21H32IN7O. The summed E-state index contributed by atoms with van der Waals surface area (Å²) in [5.74, 6) is 0.684. The maximum atomic E-state index is 12.1. The summed E-state index contributed by atoms with van der Waals surface area (Å²) in [6.45, 7) is 5.15. The van der Waals surface area contributed by atoms with Gasteiger partial charge in [-0.15, -0.1) is 24.0 Å². The summed E-state index contributed by atoms with van der Waals surface area (Å²) >= 11 is 0. The Morgan fingerprint density at radius 2 is 2.00 bits per heavy atom. The molecule has 1 aliphatic heterocycles. The highest BCUT2D eigenvalue weighted by Crippen LogP contribution is 2.11. The highest BCUT2D eigenvalue weighted by atomic mass is 127. The van der Waals surface area contributed by atoms with E-state index in [1.807, 2.05) is 24.3 Å². The van der Waals surface area contributed by atoms with Crippen LogP contribution in [0, 0.1) is 0 Å². The van der Waals surface area contributed by atoms with Gasteiger partial charge in [0.15, 0.2) is 5.96 Å². The molecule has 0 atom stereocenters. The summed E-state index contributed by atoms with van der Waals surface area (Å²) in [4.78, 5) is 18.9. The van der Waals surface area contributed by atoms with Crippen LogP contribution in [0.1, 0.15) is 24.8 Å². The van der Waals surface area contributed by atoms with Gasteiger partial charge in [-0.1, -0.05) is 18.6 Å². The Balaban J connectivity index is 0.00000320. The Hall–Kier alpha value is -2.14. The number of halogens is 1. The molecule has 1 saturated heterocycles. The number of nitrogens with zero attached hydrogens (tertiary/aromatic N) is 4. The zero-order valence-corrected chi connectivity index (χ0v) is 19.8. The van der Waals surface area contributed by atoms with E-state index in [2.05, 4.69) is 30.9 Å². The van der Waals surface area contributed by atoms with Gasteiger partial charge in [0.2, 0.25) is 5.91 Å². The van der Waals surface area contributed by atoms with Crippen LogP contribution < -0.4 is 16.0 Å². The molecule has 1 fully saturated rings. The lowest BCUT2D eigenvalue weighted by atomic mass is 10.1. The van der Waals surface area contributed by atoms with Crippen LogP contribution in [0.4, 0.5) is 5.69 Å². The second-order valence-electron chi connectivity index (χ2n) is 7.21. The number of carbonyl (C=O) groups is 1. The van der Waals surface area contributed by atoms with Gasteiger partial charge in [-0.05, 0) is 49.7 Å². The van der Waals surface area contributed by atoms with Gasteiger partial charge in [0, 0.05) is 44.8 Å². The van der Waals surface area contributed by atoms with Crippen LogP contribution >= 0.6 is 24.0 Å². The largest absolute Gasteiger partial charge is 0.355 e. The van der Waals surface area contributed by atoms with Crippen molar-refractivity contribution < 1.29 is 4.79 Å². The lowest BCUT2D eigenvalue weighted by Crippen LogP contribution is -2.42. The number of likely N-dealkylation sites (tertiary alicyclic amines) is 1. The summed E-state index contributed by atoms with van der Waals surface area (Å²) < 4.78 is 1.60. The fourth-order valence-corrected chi connectivity index (χ4v) is 3.42. The van der Waals surface area contributed by atoms with Gasteiger partial charge >= 0.3 is 0 Å². The summed E-state index contributed by atoms with van der Waals surface area (Å²) in [6, 6.07) is 9.61. The predicted octanol–water partition coefficient (Wildman–Crippen LogP) is 2.29. The molecule has 1 aliphatic rings. The Morgan fingerprint density at radius 3 is 2.73 bits per heavy atom. The molecule has 3 N–H and O–H groups in total. The molecule has 0 bridgehead atoms. The van der Waals surface area contributed by atoms with E-state index in [0.717, 1.165) is 30.3 Å². The molecule has 30 heavy (non-hydrogen) atoms. The van der Waals surface area contributed by atoms with Crippen LogP contribution in [-0.2, 0) is 17.9 Å². The summed E-state index contributed by atoms with van der Waals surface area (Å²) in [5, 5.41) is 13.7. The van der Waals surface area contributed by atoms with Crippen molar-refractivity contribution in [3.05, 3.63) is 48.3 Å². The number of nitrogens with one attached hydrogen (secondary N) is 3. The number of benzene rings is 1. The SMILES string of the molecule is CN=C(NCCN1CCCCC1)NCc1cccc(NC(=O)Cn2cccn2)c1.I. The maximum Gasteiger partial charge on any atom is 0.246 e. The smallest absolute Gasteiger partial charge is 0.246 e. The molecule has 1 amide bonds. The number of anilines is 1. The van der Waals surface area contributed by atoms with E-state index in [1.54, 1.807) is 30.2 Å². The Kier molecular flexibility index (Phi) is 10.6. The lowest BCUT2D eigenvalue weighted by Gasteiger charge is -2.26. The zero-order valence-electron chi connectivity index (χ0n) is 17.5. The second kappa shape index (κ2) is 13.2. The molecule has 0 radical (unpaired) electrons. The first-order valence-electron chi connectivity index (χ1n) is 10.3. The van der Waals surface area contributed by atoms with E-state index >= 15 is 0 Å². The van der Waals surface area contributed by atoms with Crippen molar-refractivity contribution in [3.8, 4) is 0 Å². The van der Waals surface area contributed by atoms with Crippen molar-refractivity contribution in [2.45, 2.75) is 32.4 Å². The number of amides is 1. The van der Waals surface area contributed by atoms with E-state index < -0.39 is 0 Å². The number of piperidine rings is 1. The van der Waals surface area contributed by atoms with E-state index in [-0.39, 0.29) is 36.4 Å². The lowest BCUT2D eigenvalue weighted by molar-refractivity contribution is -0.116. The first kappa shape index (κ1) is 24.1. The molecule has 2 heterocycles. The van der Waals surface area contributed by atoms with Crippen LogP contribution in [0.3, 0.4) is 0 Å². The van der Waals surface area contributed by atoms with Crippen molar-refractivity contribution in [1.82, 2.24) is 25.3 Å². The van der Waals surface area contributed by atoms with E-state index in [1.165, 1.54) is 32.4 Å². The monoisotopic (exact) mass is 525 g/mol. The summed E-state index contributed by atoms with van der Waals surface area (Å²) in [7, 11) is 1.78. The third-order valence-corrected chi connectivity index (χ3v) is 4.93. The van der Waals surface area contributed by atoms with Crippen LogP contribution in [-0.4, -0.2) is 59.8 Å². The fourth-order valence-electron chi connectivity index (χ4n) is 3.42. The third-order valence-electron chi connectivity index (χ3n) is 4.93.